The lowest BCUT2D eigenvalue weighted by molar-refractivity contribution is -0.195. The third-order valence-electron chi connectivity index (χ3n) is 2.94. The van der Waals surface area contributed by atoms with Crippen LogP contribution in [0.2, 0.25) is 0 Å². The first-order chi connectivity index (χ1) is 5.06. The summed E-state index contributed by atoms with van der Waals surface area (Å²) in [5, 5.41) is 2.97. The largest absolute Gasteiger partial charge is 0.394 e. The molecule has 11 heavy (non-hydrogen) atoms. The number of piperidine rings is 1. The first-order valence-corrected chi connectivity index (χ1v) is 3.84. The normalized spacial score (nSPS) is 43.4. The van der Waals surface area contributed by atoms with Crippen molar-refractivity contribution in [3.8, 4) is 0 Å². The fourth-order valence-corrected chi connectivity index (χ4v) is 2.03. The summed E-state index contributed by atoms with van der Waals surface area (Å²) in [4.78, 5) is 0. The number of hydrogen-bond acceptors (Lipinski definition) is 1. The number of nitrogens with one attached hydrogen (secondary N) is 1. The first-order valence-electron chi connectivity index (χ1n) is 3.84. The minimum Gasteiger partial charge on any atom is -0.316 e. The van der Waals surface area contributed by atoms with E-state index in [1.807, 2.05) is 0 Å². The molecule has 0 unspecified atom stereocenters. The monoisotopic (exact) mass is 165 g/mol. The molecule has 1 nitrogen and oxygen atoms in total. The van der Waals surface area contributed by atoms with Crippen molar-refractivity contribution in [3.05, 3.63) is 0 Å². The second-order valence-corrected chi connectivity index (χ2v) is 3.51. The molecule has 1 aliphatic heterocycles. The van der Waals surface area contributed by atoms with Gasteiger partial charge < -0.3 is 5.32 Å². The van der Waals surface area contributed by atoms with Gasteiger partial charge in [0.05, 0.1) is 5.41 Å². The number of fused-ring (bicyclic) bond motifs is 1. The molecule has 0 aromatic rings. The van der Waals surface area contributed by atoms with E-state index >= 15 is 0 Å². The zero-order valence-corrected chi connectivity index (χ0v) is 6.04. The molecule has 2 aliphatic rings. The fourth-order valence-electron chi connectivity index (χ4n) is 2.03. The van der Waals surface area contributed by atoms with Crippen molar-refractivity contribution in [2.75, 3.05) is 13.1 Å². The van der Waals surface area contributed by atoms with Crippen molar-refractivity contribution in [2.24, 2.45) is 11.3 Å². The van der Waals surface area contributed by atoms with Crippen LogP contribution >= 0.6 is 0 Å². The molecule has 0 radical (unpaired) electrons. The van der Waals surface area contributed by atoms with Crippen LogP contribution in [0.25, 0.3) is 0 Å². The van der Waals surface area contributed by atoms with Gasteiger partial charge in [-0.2, -0.15) is 13.2 Å². The summed E-state index contributed by atoms with van der Waals surface area (Å²) in [6.45, 7) is 1.08. The van der Waals surface area contributed by atoms with Crippen LogP contribution in [0.15, 0.2) is 0 Å². The summed E-state index contributed by atoms with van der Waals surface area (Å²) in [6.07, 6.45) is -3.33. The van der Waals surface area contributed by atoms with Gasteiger partial charge in [0.2, 0.25) is 0 Å². The topological polar surface area (TPSA) is 12.0 Å². The Kier molecular flexibility index (Phi) is 1.29. The zero-order valence-electron chi connectivity index (χ0n) is 6.04. The van der Waals surface area contributed by atoms with Crippen LogP contribution in [-0.2, 0) is 0 Å². The molecule has 1 saturated heterocycles. The maximum atomic E-state index is 12.3. The van der Waals surface area contributed by atoms with E-state index in [2.05, 4.69) is 5.32 Å². The Morgan fingerprint density at radius 2 is 2.09 bits per heavy atom. The highest BCUT2D eigenvalue weighted by molar-refractivity contribution is 5.10. The Balaban J connectivity index is 2.13. The molecular formula is C7H10F3N. The van der Waals surface area contributed by atoms with Gasteiger partial charge in [0.1, 0.15) is 0 Å². The van der Waals surface area contributed by atoms with E-state index in [-0.39, 0.29) is 12.3 Å². The van der Waals surface area contributed by atoms with Crippen LogP contribution in [0.3, 0.4) is 0 Å². The second kappa shape index (κ2) is 1.91. The predicted molar refractivity (Wildman–Crippen MR) is 34.1 cm³/mol. The Bertz CT molecular complexity index is 177. The highest BCUT2D eigenvalue weighted by Crippen LogP contribution is 2.65. The molecule has 1 saturated carbocycles. The lowest BCUT2D eigenvalue weighted by atomic mass is 9.96. The number of hydrogen-bond donors (Lipinski definition) is 1. The quantitative estimate of drug-likeness (QED) is 0.574. The minimum absolute atomic E-state index is 0.128. The summed E-state index contributed by atoms with van der Waals surface area (Å²) in [5.74, 6) is -0.128. The molecule has 0 bridgehead atoms. The highest BCUT2D eigenvalue weighted by Gasteiger charge is 2.70. The van der Waals surface area contributed by atoms with Crippen molar-refractivity contribution in [1.29, 1.82) is 0 Å². The standard InChI is InChI=1S/C7H10F3N/c8-7(9,10)6-1-2-11-4-5(6)3-6/h5,11H,1-4H2/t5-,6+/m1/s1. The van der Waals surface area contributed by atoms with Crippen molar-refractivity contribution in [2.45, 2.75) is 19.0 Å². The summed E-state index contributed by atoms with van der Waals surface area (Å²) in [7, 11) is 0. The summed E-state index contributed by atoms with van der Waals surface area (Å²) < 4.78 is 37.0. The van der Waals surface area contributed by atoms with Crippen LogP contribution in [-0.4, -0.2) is 19.3 Å². The average molecular weight is 165 g/mol. The zero-order chi connectivity index (χ0) is 8.11. The fraction of sp³-hybridized carbons (Fsp3) is 1.00. The molecule has 1 aliphatic carbocycles. The van der Waals surface area contributed by atoms with E-state index < -0.39 is 11.6 Å². The molecule has 2 fully saturated rings. The van der Waals surface area contributed by atoms with Crippen molar-refractivity contribution >= 4 is 0 Å². The molecule has 0 aromatic carbocycles. The Labute approximate surface area is 63.0 Å². The maximum Gasteiger partial charge on any atom is 0.394 e. The molecule has 1 heterocycles. The number of alkyl halides is 3. The number of rotatable bonds is 0. The van der Waals surface area contributed by atoms with E-state index in [0.29, 0.717) is 19.5 Å². The van der Waals surface area contributed by atoms with Gasteiger partial charge in [0.25, 0.3) is 0 Å². The molecule has 0 spiro atoms. The van der Waals surface area contributed by atoms with Crippen molar-refractivity contribution in [1.82, 2.24) is 5.32 Å². The van der Waals surface area contributed by atoms with Crippen LogP contribution in [0.4, 0.5) is 13.2 Å². The molecule has 2 atom stereocenters. The molecule has 64 valence electrons. The summed E-state index contributed by atoms with van der Waals surface area (Å²) in [6, 6.07) is 0. The Morgan fingerprint density at radius 1 is 1.36 bits per heavy atom. The Hall–Kier alpha value is -0.250. The van der Waals surface area contributed by atoms with E-state index in [9.17, 15) is 13.2 Å². The SMILES string of the molecule is FC(F)(F)[C@]12CCNC[C@H]1C2. The third-order valence-corrected chi connectivity index (χ3v) is 2.94. The van der Waals surface area contributed by atoms with E-state index in [4.69, 9.17) is 0 Å². The smallest absolute Gasteiger partial charge is 0.316 e. The molecule has 4 heteroatoms. The molecular weight excluding hydrogens is 155 g/mol. The van der Waals surface area contributed by atoms with Gasteiger partial charge in [0, 0.05) is 0 Å². The van der Waals surface area contributed by atoms with Crippen molar-refractivity contribution in [3.63, 3.8) is 0 Å². The van der Waals surface area contributed by atoms with E-state index in [0.717, 1.165) is 0 Å². The van der Waals surface area contributed by atoms with Gasteiger partial charge in [-0.1, -0.05) is 0 Å². The maximum absolute atomic E-state index is 12.3. The first kappa shape index (κ1) is 7.40. The lowest BCUT2D eigenvalue weighted by Gasteiger charge is -2.25. The molecule has 2 rings (SSSR count). The van der Waals surface area contributed by atoms with E-state index in [1.165, 1.54) is 0 Å². The number of halogens is 3. The minimum atomic E-state index is -3.96. The van der Waals surface area contributed by atoms with Gasteiger partial charge >= 0.3 is 6.18 Å². The van der Waals surface area contributed by atoms with E-state index in [1.54, 1.807) is 0 Å². The van der Waals surface area contributed by atoms with Crippen LogP contribution in [0.1, 0.15) is 12.8 Å². The van der Waals surface area contributed by atoms with Gasteiger partial charge in [-0.3, -0.25) is 0 Å². The van der Waals surface area contributed by atoms with Crippen LogP contribution in [0.5, 0.6) is 0 Å². The van der Waals surface area contributed by atoms with Gasteiger partial charge in [-0.15, -0.1) is 0 Å². The third kappa shape index (κ3) is 0.883. The highest BCUT2D eigenvalue weighted by atomic mass is 19.4. The van der Waals surface area contributed by atoms with Gasteiger partial charge in [-0.25, -0.2) is 0 Å². The lowest BCUT2D eigenvalue weighted by Crippen LogP contribution is -2.37. The molecule has 0 aromatic heterocycles. The molecule has 1 N–H and O–H groups in total. The Morgan fingerprint density at radius 3 is 2.55 bits per heavy atom. The van der Waals surface area contributed by atoms with Crippen LogP contribution < -0.4 is 5.32 Å². The predicted octanol–water partition coefficient (Wildman–Crippen LogP) is 1.55. The van der Waals surface area contributed by atoms with Gasteiger partial charge in [-0.05, 0) is 31.8 Å². The summed E-state index contributed by atoms with van der Waals surface area (Å²) >= 11 is 0. The van der Waals surface area contributed by atoms with Crippen LogP contribution in [0, 0.1) is 11.3 Å². The van der Waals surface area contributed by atoms with Crippen molar-refractivity contribution < 1.29 is 13.2 Å². The second-order valence-electron chi connectivity index (χ2n) is 3.51. The van der Waals surface area contributed by atoms with Gasteiger partial charge in [0.15, 0.2) is 0 Å². The molecule has 0 amide bonds. The average Bonchev–Trinajstić information content (AvgIpc) is 2.59. The summed E-state index contributed by atoms with van der Waals surface area (Å²) in [5.41, 5.74) is -1.28.